The summed E-state index contributed by atoms with van der Waals surface area (Å²) in [5, 5.41) is 0. The van der Waals surface area contributed by atoms with E-state index in [1.54, 1.807) is 0 Å². The predicted octanol–water partition coefficient (Wildman–Crippen LogP) is 7.33. The third kappa shape index (κ3) is 4.94. The van der Waals surface area contributed by atoms with E-state index in [1.807, 2.05) is 79.7 Å². The van der Waals surface area contributed by atoms with Gasteiger partial charge in [-0.15, -0.1) is 0 Å². The van der Waals surface area contributed by atoms with Crippen molar-refractivity contribution in [1.29, 1.82) is 0 Å². The van der Waals surface area contributed by atoms with E-state index in [0.717, 1.165) is 22.6 Å². The molecule has 1 aliphatic heterocycles. The van der Waals surface area contributed by atoms with E-state index in [9.17, 15) is 4.79 Å². The summed E-state index contributed by atoms with van der Waals surface area (Å²) in [7, 11) is 0. The maximum absolute atomic E-state index is 13.7. The van der Waals surface area contributed by atoms with Crippen molar-refractivity contribution in [2.45, 2.75) is 25.4 Å². The van der Waals surface area contributed by atoms with E-state index in [-0.39, 0.29) is 18.1 Å². The predicted molar refractivity (Wildman–Crippen MR) is 146 cm³/mol. The Hall–Kier alpha value is -4.18. The van der Waals surface area contributed by atoms with Crippen LogP contribution >= 0.6 is 0 Å². The Kier molecular flexibility index (Phi) is 7.23. The van der Waals surface area contributed by atoms with Crippen LogP contribution in [0.1, 0.15) is 36.6 Å². The normalized spacial score (nSPS) is 20.8. The maximum atomic E-state index is 13.7. The van der Waals surface area contributed by atoms with Crippen molar-refractivity contribution in [3.63, 3.8) is 0 Å². The minimum absolute atomic E-state index is 0.00746. The molecule has 0 saturated carbocycles. The summed E-state index contributed by atoms with van der Waals surface area (Å²) in [5.74, 6) is -0.791. The smallest absolute Gasteiger partial charge is 0.317 e. The van der Waals surface area contributed by atoms with Gasteiger partial charge in [0.1, 0.15) is 5.92 Å². The molecule has 1 fully saturated rings. The van der Waals surface area contributed by atoms with Crippen LogP contribution in [-0.4, -0.2) is 18.3 Å². The number of piperidine rings is 1. The van der Waals surface area contributed by atoms with Crippen molar-refractivity contribution in [2.75, 3.05) is 11.5 Å². The Bertz CT molecular complexity index is 1290. The van der Waals surface area contributed by atoms with Gasteiger partial charge in [-0.3, -0.25) is 9.79 Å². The van der Waals surface area contributed by atoms with Crippen LogP contribution in [0.15, 0.2) is 126 Å². The summed E-state index contributed by atoms with van der Waals surface area (Å²) in [5.41, 5.74) is 4.99. The van der Waals surface area contributed by atoms with E-state index in [4.69, 9.17) is 9.73 Å². The highest BCUT2D eigenvalue weighted by atomic mass is 16.5. The lowest BCUT2D eigenvalue weighted by atomic mass is 9.77. The molecule has 4 aromatic carbocycles. The van der Waals surface area contributed by atoms with E-state index in [0.29, 0.717) is 13.0 Å². The van der Waals surface area contributed by atoms with Gasteiger partial charge < -0.3 is 9.64 Å². The fourth-order valence-corrected chi connectivity index (χ4v) is 5.14. The molecular weight excluding hydrogens is 444 g/mol. The molecule has 1 heterocycles. The number of hydrogen-bond donors (Lipinski definition) is 0. The average molecular weight is 475 g/mol. The first kappa shape index (κ1) is 23.6. The second-order valence-corrected chi connectivity index (χ2v) is 8.90. The molecule has 0 amide bonds. The highest BCUT2D eigenvalue weighted by Crippen LogP contribution is 2.47. The molecule has 4 aromatic rings. The minimum atomic E-state index is -0.548. The molecule has 5 rings (SSSR count). The molecule has 0 spiro atoms. The first-order valence-corrected chi connectivity index (χ1v) is 12.5. The number of ether oxygens (including phenoxy) is 1. The molecule has 1 aliphatic rings. The molecule has 4 nitrogen and oxygen atoms in total. The number of esters is 1. The largest absolute Gasteiger partial charge is 0.465 e. The zero-order valence-corrected chi connectivity index (χ0v) is 20.4. The average Bonchev–Trinajstić information content (AvgIpc) is 2.94. The number of aliphatic imine (C=N–C) groups is 1. The summed E-state index contributed by atoms with van der Waals surface area (Å²) < 4.78 is 5.68. The minimum Gasteiger partial charge on any atom is -0.465 e. The van der Waals surface area contributed by atoms with Crippen molar-refractivity contribution >= 4 is 23.1 Å². The summed E-state index contributed by atoms with van der Waals surface area (Å²) >= 11 is 0. The fourth-order valence-electron chi connectivity index (χ4n) is 5.14. The Morgan fingerprint density at radius 2 is 1.31 bits per heavy atom. The first-order chi connectivity index (χ1) is 17.8. The lowest BCUT2D eigenvalue weighted by molar-refractivity contribution is -0.146. The Morgan fingerprint density at radius 3 is 1.89 bits per heavy atom. The standard InChI is InChI=1S/C32H30N2O2/c1-2-36-32(35)30-28(33-26-19-11-5-12-20-26)23-29(24-15-7-3-8-16-24)34(27-21-13-6-14-22-27)31(30)25-17-9-4-10-18-25/h3-22,29-31H,2,23H2,1H3/t29-,30?,31+/m0/s1. The quantitative estimate of drug-likeness (QED) is 0.275. The zero-order chi connectivity index (χ0) is 24.7. The number of anilines is 1. The van der Waals surface area contributed by atoms with Gasteiger partial charge in [0.05, 0.1) is 24.4 Å². The second-order valence-electron chi connectivity index (χ2n) is 8.90. The van der Waals surface area contributed by atoms with Crippen molar-refractivity contribution in [1.82, 2.24) is 0 Å². The molecule has 4 heteroatoms. The second kappa shape index (κ2) is 11.0. The molecule has 0 radical (unpaired) electrons. The van der Waals surface area contributed by atoms with Gasteiger partial charge in [0, 0.05) is 17.8 Å². The van der Waals surface area contributed by atoms with Gasteiger partial charge >= 0.3 is 5.97 Å². The van der Waals surface area contributed by atoms with Crippen LogP contribution in [0.2, 0.25) is 0 Å². The van der Waals surface area contributed by atoms with Crippen molar-refractivity contribution < 1.29 is 9.53 Å². The number of nitrogens with zero attached hydrogens (tertiary/aromatic N) is 2. The third-order valence-corrected chi connectivity index (χ3v) is 6.66. The van der Waals surface area contributed by atoms with Gasteiger partial charge in [-0.05, 0) is 42.3 Å². The molecule has 1 saturated heterocycles. The van der Waals surface area contributed by atoms with Gasteiger partial charge in [0.15, 0.2) is 0 Å². The van der Waals surface area contributed by atoms with Gasteiger partial charge in [-0.1, -0.05) is 97.1 Å². The molecule has 0 bridgehead atoms. The molecule has 180 valence electrons. The molecule has 36 heavy (non-hydrogen) atoms. The van der Waals surface area contributed by atoms with Crippen LogP contribution in [0, 0.1) is 5.92 Å². The van der Waals surface area contributed by atoms with Crippen LogP contribution in [0.5, 0.6) is 0 Å². The number of hydrogen-bond acceptors (Lipinski definition) is 4. The zero-order valence-electron chi connectivity index (χ0n) is 20.4. The first-order valence-electron chi connectivity index (χ1n) is 12.5. The Labute approximate surface area is 212 Å². The van der Waals surface area contributed by atoms with Gasteiger partial charge in [0.2, 0.25) is 0 Å². The Morgan fingerprint density at radius 1 is 0.778 bits per heavy atom. The van der Waals surface area contributed by atoms with Crippen molar-refractivity contribution in [3.05, 3.63) is 132 Å². The number of benzene rings is 4. The maximum Gasteiger partial charge on any atom is 0.317 e. The number of carbonyl (C=O) groups is 1. The Balaban J connectivity index is 1.75. The van der Waals surface area contributed by atoms with Crippen LogP contribution < -0.4 is 4.90 Å². The van der Waals surface area contributed by atoms with E-state index in [1.165, 1.54) is 5.56 Å². The van der Waals surface area contributed by atoms with Gasteiger partial charge in [0.25, 0.3) is 0 Å². The summed E-state index contributed by atoms with van der Waals surface area (Å²) in [4.78, 5) is 21.1. The van der Waals surface area contributed by atoms with Gasteiger partial charge in [-0.2, -0.15) is 0 Å². The lowest BCUT2D eigenvalue weighted by Crippen LogP contribution is -2.49. The van der Waals surface area contributed by atoms with Crippen LogP contribution in [0.3, 0.4) is 0 Å². The van der Waals surface area contributed by atoms with Crippen LogP contribution in [0.25, 0.3) is 0 Å². The van der Waals surface area contributed by atoms with Crippen molar-refractivity contribution in [2.24, 2.45) is 10.9 Å². The highest BCUT2D eigenvalue weighted by molar-refractivity contribution is 6.06. The third-order valence-electron chi connectivity index (χ3n) is 6.66. The van der Waals surface area contributed by atoms with E-state index < -0.39 is 5.92 Å². The molecule has 3 atom stereocenters. The highest BCUT2D eigenvalue weighted by Gasteiger charge is 2.46. The van der Waals surface area contributed by atoms with Gasteiger partial charge in [-0.25, -0.2) is 0 Å². The molecule has 0 aliphatic carbocycles. The topological polar surface area (TPSA) is 41.9 Å². The number of rotatable bonds is 6. The summed E-state index contributed by atoms with van der Waals surface area (Å²) in [6.45, 7) is 2.18. The summed E-state index contributed by atoms with van der Waals surface area (Å²) in [6.07, 6.45) is 0.612. The number of carbonyl (C=O) groups excluding carboxylic acids is 1. The lowest BCUT2D eigenvalue weighted by Gasteiger charge is -2.48. The molecule has 0 N–H and O–H groups in total. The van der Waals surface area contributed by atoms with E-state index >= 15 is 0 Å². The van der Waals surface area contributed by atoms with E-state index in [2.05, 4.69) is 53.4 Å². The molecule has 0 aromatic heterocycles. The monoisotopic (exact) mass is 474 g/mol. The van der Waals surface area contributed by atoms with Crippen LogP contribution in [0.4, 0.5) is 11.4 Å². The van der Waals surface area contributed by atoms with Crippen molar-refractivity contribution in [3.8, 4) is 0 Å². The fraction of sp³-hybridized carbons (Fsp3) is 0.188. The van der Waals surface area contributed by atoms with Crippen LogP contribution in [-0.2, 0) is 9.53 Å². The SMILES string of the molecule is CCOC(=O)C1C(=Nc2ccccc2)C[C@@H](c2ccccc2)N(c2ccccc2)[C@@H]1c1ccccc1. The number of para-hydroxylation sites is 2. The summed E-state index contributed by atoms with van der Waals surface area (Å²) in [6, 6.07) is 40.7. The molecule has 1 unspecified atom stereocenters. The molecular formula is C32H30N2O2.